The van der Waals surface area contributed by atoms with E-state index >= 15 is 0 Å². The average Bonchev–Trinajstić information content (AvgIpc) is 2.88. The summed E-state index contributed by atoms with van der Waals surface area (Å²) in [5.41, 5.74) is 8.24. The first-order valence-corrected chi connectivity index (χ1v) is 11.5. The van der Waals surface area contributed by atoms with Crippen LogP contribution < -0.4 is 9.64 Å². The van der Waals surface area contributed by atoms with E-state index < -0.39 is 0 Å². The highest BCUT2D eigenvalue weighted by Crippen LogP contribution is 2.36. The van der Waals surface area contributed by atoms with Crippen molar-refractivity contribution in [1.29, 1.82) is 0 Å². The lowest BCUT2D eigenvalue weighted by Crippen LogP contribution is -2.09. The summed E-state index contributed by atoms with van der Waals surface area (Å²) >= 11 is 0. The number of anilines is 3. The van der Waals surface area contributed by atoms with Gasteiger partial charge in [-0.1, -0.05) is 77.9 Å². The van der Waals surface area contributed by atoms with Crippen LogP contribution in [0.5, 0.6) is 11.5 Å². The molecular formula is C32H27NO. The van der Waals surface area contributed by atoms with Gasteiger partial charge in [-0.2, -0.15) is 0 Å². The zero-order chi connectivity index (χ0) is 23.3. The highest BCUT2D eigenvalue weighted by atomic mass is 16.5. The maximum atomic E-state index is 5.93. The van der Waals surface area contributed by atoms with Gasteiger partial charge in [0.25, 0.3) is 0 Å². The zero-order valence-corrected chi connectivity index (χ0v) is 19.5. The van der Waals surface area contributed by atoms with Crippen molar-refractivity contribution in [2.45, 2.75) is 13.8 Å². The first-order chi connectivity index (χ1) is 16.7. The summed E-state index contributed by atoms with van der Waals surface area (Å²) in [5.74, 6) is 1.67. The Labute approximate surface area is 201 Å². The first-order valence-electron chi connectivity index (χ1n) is 11.5. The van der Waals surface area contributed by atoms with Crippen LogP contribution in [-0.2, 0) is 0 Å². The molecule has 0 aliphatic rings. The number of aryl methyl sites for hydroxylation is 2. The maximum absolute atomic E-state index is 5.93. The Kier molecular flexibility index (Phi) is 6.13. The van der Waals surface area contributed by atoms with Gasteiger partial charge < -0.3 is 9.64 Å². The van der Waals surface area contributed by atoms with Gasteiger partial charge in [-0.05, 0) is 85.6 Å². The molecule has 0 bridgehead atoms. The lowest BCUT2D eigenvalue weighted by molar-refractivity contribution is 0.483. The molecule has 0 N–H and O–H groups in total. The van der Waals surface area contributed by atoms with E-state index in [0.29, 0.717) is 0 Å². The quantitative estimate of drug-likeness (QED) is 0.260. The molecule has 166 valence electrons. The Bertz CT molecular complexity index is 1290. The molecule has 0 radical (unpaired) electrons. The lowest BCUT2D eigenvalue weighted by Gasteiger charge is -2.26. The third-order valence-corrected chi connectivity index (χ3v) is 5.88. The monoisotopic (exact) mass is 441 g/mol. The Morgan fingerprint density at radius 1 is 0.412 bits per heavy atom. The fourth-order valence-electron chi connectivity index (χ4n) is 3.98. The molecule has 5 aromatic carbocycles. The Morgan fingerprint density at radius 3 is 1.26 bits per heavy atom. The molecule has 0 atom stereocenters. The minimum absolute atomic E-state index is 0.830. The third-order valence-electron chi connectivity index (χ3n) is 5.88. The standard InChI is InChI=1S/C32H27NO/c1-24-8-16-28(17-9-24)33(29-18-10-25(2)11-19-29)30-20-12-26(13-21-30)27-14-22-32(23-15-27)34-31-6-4-3-5-7-31/h3-23H,1-2H3. The summed E-state index contributed by atoms with van der Waals surface area (Å²) in [6, 6.07) is 44.1. The van der Waals surface area contributed by atoms with Crippen LogP contribution in [-0.4, -0.2) is 0 Å². The molecule has 0 aromatic heterocycles. The average molecular weight is 442 g/mol. The zero-order valence-electron chi connectivity index (χ0n) is 19.5. The molecule has 0 fully saturated rings. The van der Waals surface area contributed by atoms with Crippen LogP contribution in [0.2, 0.25) is 0 Å². The number of hydrogen-bond donors (Lipinski definition) is 0. The minimum atomic E-state index is 0.830. The van der Waals surface area contributed by atoms with Crippen LogP contribution in [0.3, 0.4) is 0 Å². The van der Waals surface area contributed by atoms with Crippen molar-refractivity contribution in [3.05, 3.63) is 139 Å². The van der Waals surface area contributed by atoms with Crippen LogP contribution in [0.15, 0.2) is 127 Å². The molecule has 2 heteroatoms. The minimum Gasteiger partial charge on any atom is -0.457 e. The second-order valence-corrected chi connectivity index (χ2v) is 8.49. The number of rotatable bonds is 6. The van der Waals surface area contributed by atoms with E-state index in [2.05, 4.69) is 104 Å². The maximum Gasteiger partial charge on any atom is 0.127 e. The highest BCUT2D eigenvalue weighted by Gasteiger charge is 2.12. The number of benzene rings is 5. The number of para-hydroxylation sites is 1. The third kappa shape index (κ3) is 4.87. The van der Waals surface area contributed by atoms with Crippen molar-refractivity contribution >= 4 is 17.1 Å². The molecule has 0 saturated carbocycles. The summed E-state index contributed by atoms with van der Waals surface area (Å²) in [6.45, 7) is 4.23. The van der Waals surface area contributed by atoms with E-state index in [9.17, 15) is 0 Å². The van der Waals surface area contributed by atoms with Crippen LogP contribution in [0.4, 0.5) is 17.1 Å². The summed E-state index contributed by atoms with van der Waals surface area (Å²) in [6.07, 6.45) is 0. The van der Waals surface area contributed by atoms with E-state index in [4.69, 9.17) is 4.74 Å². The molecule has 2 nitrogen and oxygen atoms in total. The molecule has 34 heavy (non-hydrogen) atoms. The predicted octanol–water partition coefficient (Wildman–Crippen LogP) is 9.23. The van der Waals surface area contributed by atoms with Crippen LogP contribution in [0.1, 0.15) is 11.1 Å². The molecule has 0 aliphatic heterocycles. The SMILES string of the molecule is Cc1ccc(N(c2ccc(C)cc2)c2ccc(-c3ccc(Oc4ccccc4)cc3)cc2)cc1. The van der Waals surface area contributed by atoms with E-state index in [1.807, 2.05) is 42.5 Å². The van der Waals surface area contributed by atoms with Gasteiger partial charge in [0.05, 0.1) is 0 Å². The number of nitrogens with zero attached hydrogens (tertiary/aromatic N) is 1. The molecular weight excluding hydrogens is 414 g/mol. The van der Waals surface area contributed by atoms with Crippen molar-refractivity contribution in [3.8, 4) is 22.6 Å². The second kappa shape index (κ2) is 9.68. The van der Waals surface area contributed by atoms with Crippen molar-refractivity contribution in [1.82, 2.24) is 0 Å². The molecule has 0 saturated heterocycles. The van der Waals surface area contributed by atoms with E-state index in [0.717, 1.165) is 34.1 Å². The van der Waals surface area contributed by atoms with E-state index in [1.54, 1.807) is 0 Å². The fourth-order valence-corrected chi connectivity index (χ4v) is 3.98. The normalized spacial score (nSPS) is 10.6. The summed E-state index contributed by atoms with van der Waals surface area (Å²) in [5, 5.41) is 0. The summed E-state index contributed by atoms with van der Waals surface area (Å²) < 4.78 is 5.93. The predicted molar refractivity (Wildman–Crippen MR) is 143 cm³/mol. The lowest BCUT2D eigenvalue weighted by atomic mass is 10.0. The molecule has 0 unspecified atom stereocenters. The van der Waals surface area contributed by atoms with E-state index in [-0.39, 0.29) is 0 Å². The van der Waals surface area contributed by atoms with Gasteiger partial charge >= 0.3 is 0 Å². The Balaban J connectivity index is 1.41. The highest BCUT2D eigenvalue weighted by molar-refractivity contribution is 5.78. The first kappa shape index (κ1) is 21.5. The van der Waals surface area contributed by atoms with E-state index in [1.165, 1.54) is 16.7 Å². The summed E-state index contributed by atoms with van der Waals surface area (Å²) in [7, 11) is 0. The van der Waals surface area contributed by atoms with Gasteiger partial charge in [-0.3, -0.25) is 0 Å². The number of ether oxygens (including phenoxy) is 1. The van der Waals surface area contributed by atoms with Gasteiger partial charge in [0.2, 0.25) is 0 Å². The fraction of sp³-hybridized carbons (Fsp3) is 0.0625. The second-order valence-electron chi connectivity index (χ2n) is 8.49. The topological polar surface area (TPSA) is 12.5 Å². The molecule has 0 heterocycles. The van der Waals surface area contributed by atoms with Crippen LogP contribution in [0, 0.1) is 13.8 Å². The van der Waals surface area contributed by atoms with Crippen molar-refractivity contribution < 1.29 is 4.74 Å². The van der Waals surface area contributed by atoms with Gasteiger partial charge in [0.1, 0.15) is 11.5 Å². The largest absolute Gasteiger partial charge is 0.457 e. The van der Waals surface area contributed by atoms with Crippen LogP contribution in [0.25, 0.3) is 11.1 Å². The molecule has 0 spiro atoms. The smallest absolute Gasteiger partial charge is 0.127 e. The van der Waals surface area contributed by atoms with Crippen molar-refractivity contribution in [2.75, 3.05) is 4.90 Å². The molecule has 5 aromatic rings. The van der Waals surface area contributed by atoms with Crippen molar-refractivity contribution in [2.24, 2.45) is 0 Å². The Hall–Kier alpha value is -4.30. The Morgan fingerprint density at radius 2 is 0.794 bits per heavy atom. The van der Waals surface area contributed by atoms with Gasteiger partial charge in [0.15, 0.2) is 0 Å². The molecule has 0 amide bonds. The van der Waals surface area contributed by atoms with Gasteiger partial charge in [-0.15, -0.1) is 0 Å². The molecule has 0 aliphatic carbocycles. The summed E-state index contributed by atoms with van der Waals surface area (Å²) in [4.78, 5) is 2.29. The molecule has 5 rings (SSSR count). The van der Waals surface area contributed by atoms with Crippen molar-refractivity contribution in [3.63, 3.8) is 0 Å². The van der Waals surface area contributed by atoms with Gasteiger partial charge in [0, 0.05) is 17.1 Å². The van der Waals surface area contributed by atoms with Crippen LogP contribution >= 0.6 is 0 Å². The van der Waals surface area contributed by atoms with Gasteiger partial charge in [-0.25, -0.2) is 0 Å². The number of hydrogen-bond acceptors (Lipinski definition) is 2.